The van der Waals surface area contributed by atoms with E-state index in [9.17, 15) is 4.79 Å². The van der Waals surface area contributed by atoms with Crippen LogP contribution >= 0.6 is 0 Å². The van der Waals surface area contributed by atoms with E-state index in [0.29, 0.717) is 12.4 Å². The van der Waals surface area contributed by atoms with Crippen LogP contribution < -0.4 is 20.6 Å². The molecule has 1 aliphatic rings. The average Bonchev–Trinajstić information content (AvgIpc) is 2.76. The Labute approximate surface area is 169 Å². The number of benzene rings is 2. The van der Waals surface area contributed by atoms with Gasteiger partial charge in [0.2, 0.25) is 0 Å². The lowest BCUT2D eigenvalue weighted by Crippen LogP contribution is -2.15. The van der Waals surface area contributed by atoms with Gasteiger partial charge in [-0.25, -0.2) is 5.48 Å². The maximum atomic E-state index is 11.7. The maximum Gasteiger partial charge on any atom is 0.250 e. The zero-order valence-corrected chi connectivity index (χ0v) is 16.4. The number of rotatable bonds is 6. The number of hydrogen-bond acceptors (Lipinski definition) is 5. The summed E-state index contributed by atoms with van der Waals surface area (Å²) in [7, 11) is 1.78. The molecule has 0 aliphatic carbocycles. The van der Waals surface area contributed by atoms with E-state index in [1.807, 2.05) is 54.7 Å². The second-order valence-corrected chi connectivity index (χ2v) is 7.02. The molecule has 29 heavy (non-hydrogen) atoms. The van der Waals surface area contributed by atoms with Crippen molar-refractivity contribution in [1.29, 1.82) is 0 Å². The van der Waals surface area contributed by atoms with Gasteiger partial charge in [-0.2, -0.15) is 0 Å². The SMILES string of the molecule is Cn1c(=O)ccc2cc(COc3cccc(ONC=C4CCOCC4)c3)ccc21. The number of aryl methyl sites for hydroxylation is 1. The fourth-order valence-corrected chi connectivity index (χ4v) is 3.28. The summed E-state index contributed by atoms with van der Waals surface area (Å²) in [6.07, 6.45) is 3.76. The molecule has 4 rings (SSSR count). The Balaban J connectivity index is 1.37. The van der Waals surface area contributed by atoms with E-state index in [2.05, 4.69) is 5.48 Å². The number of aromatic nitrogens is 1. The number of pyridine rings is 1. The topological polar surface area (TPSA) is 61.7 Å². The molecule has 0 atom stereocenters. The molecule has 0 unspecified atom stereocenters. The van der Waals surface area contributed by atoms with Crippen molar-refractivity contribution in [3.63, 3.8) is 0 Å². The summed E-state index contributed by atoms with van der Waals surface area (Å²) in [5.74, 6) is 1.41. The average molecular weight is 392 g/mol. The fourth-order valence-electron chi connectivity index (χ4n) is 3.28. The fraction of sp³-hybridized carbons (Fsp3) is 0.261. The molecule has 0 saturated carbocycles. The lowest BCUT2D eigenvalue weighted by Gasteiger charge is -2.15. The Morgan fingerprint density at radius 3 is 2.76 bits per heavy atom. The van der Waals surface area contributed by atoms with Crippen LogP contribution in [0.5, 0.6) is 11.5 Å². The molecule has 0 spiro atoms. The Hall–Kier alpha value is -3.25. The van der Waals surface area contributed by atoms with E-state index in [4.69, 9.17) is 14.3 Å². The third kappa shape index (κ3) is 4.78. The smallest absolute Gasteiger partial charge is 0.250 e. The molecule has 1 saturated heterocycles. The number of hydrogen-bond donors (Lipinski definition) is 1. The van der Waals surface area contributed by atoms with Gasteiger partial charge in [-0.3, -0.25) is 4.79 Å². The number of ether oxygens (including phenoxy) is 2. The van der Waals surface area contributed by atoms with Gasteiger partial charge < -0.3 is 18.9 Å². The summed E-state index contributed by atoms with van der Waals surface area (Å²) in [5, 5.41) is 1.01. The van der Waals surface area contributed by atoms with Crippen LogP contribution in [-0.4, -0.2) is 17.8 Å². The highest BCUT2D eigenvalue weighted by atomic mass is 16.6. The number of hydroxylamine groups is 1. The molecule has 1 N–H and O–H groups in total. The van der Waals surface area contributed by atoms with Crippen LogP contribution in [0.3, 0.4) is 0 Å². The first-order chi connectivity index (χ1) is 14.2. The predicted molar refractivity (Wildman–Crippen MR) is 112 cm³/mol. The number of nitrogens with zero attached hydrogens (tertiary/aromatic N) is 1. The van der Waals surface area contributed by atoms with Crippen LogP contribution in [0.1, 0.15) is 18.4 Å². The molecule has 150 valence electrons. The molecule has 2 aromatic carbocycles. The van der Waals surface area contributed by atoms with Crippen molar-refractivity contribution >= 4 is 10.9 Å². The largest absolute Gasteiger partial charge is 0.489 e. The van der Waals surface area contributed by atoms with Crippen LogP contribution in [0.15, 0.2) is 71.2 Å². The minimum atomic E-state index is -0.0145. The lowest BCUT2D eigenvalue weighted by molar-refractivity contribution is 0.117. The Morgan fingerprint density at radius 1 is 1.07 bits per heavy atom. The monoisotopic (exact) mass is 392 g/mol. The van der Waals surface area contributed by atoms with Crippen molar-refractivity contribution in [2.24, 2.45) is 7.05 Å². The zero-order chi connectivity index (χ0) is 20.1. The molecule has 6 nitrogen and oxygen atoms in total. The molecule has 1 aromatic heterocycles. The number of fused-ring (bicyclic) bond motifs is 1. The van der Waals surface area contributed by atoms with Crippen molar-refractivity contribution in [1.82, 2.24) is 10.0 Å². The second kappa shape index (κ2) is 8.84. The van der Waals surface area contributed by atoms with Crippen LogP contribution in [0.2, 0.25) is 0 Å². The van der Waals surface area contributed by atoms with Gasteiger partial charge in [0.25, 0.3) is 5.56 Å². The number of nitrogens with one attached hydrogen (secondary N) is 1. The Kier molecular flexibility index (Phi) is 5.81. The van der Waals surface area contributed by atoms with Gasteiger partial charge in [0.15, 0.2) is 5.75 Å². The first-order valence-corrected chi connectivity index (χ1v) is 9.69. The van der Waals surface area contributed by atoms with E-state index in [1.165, 1.54) is 5.57 Å². The molecular weight excluding hydrogens is 368 g/mol. The van der Waals surface area contributed by atoms with Gasteiger partial charge in [0, 0.05) is 25.4 Å². The Morgan fingerprint density at radius 2 is 1.90 bits per heavy atom. The maximum absolute atomic E-state index is 11.7. The molecule has 3 aromatic rings. The van der Waals surface area contributed by atoms with Crippen LogP contribution in [0.4, 0.5) is 0 Å². The molecular formula is C23H24N2O4. The van der Waals surface area contributed by atoms with Crippen molar-refractivity contribution in [3.05, 3.63) is 82.3 Å². The quantitative estimate of drug-likeness (QED) is 0.648. The van der Waals surface area contributed by atoms with Gasteiger partial charge in [-0.1, -0.05) is 12.1 Å². The van der Waals surface area contributed by atoms with Crippen molar-refractivity contribution in [3.8, 4) is 11.5 Å². The Bertz CT molecular complexity index is 1080. The summed E-state index contributed by atoms with van der Waals surface area (Å²) >= 11 is 0. The third-order valence-electron chi connectivity index (χ3n) is 4.98. The minimum absolute atomic E-state index is 0.0145. The van der Waals surface area contributed by atoms with Crippen LogP contribution in [0, 0.1) is 0 Å². The predicted octanol–water partition coefficient (Wildman–Crippen LogP) is 3.70. The highest BCUT2D eigenvalue weighted by Gasteiger charge is 2.05. The van der Waals surface area contributed by atoms with Gasteiger partial charge in [-0.05, 0) is 59.7 Å². The third-order valence-corrected chi connectivity index (χ3v) is 4.98. The molecule has 0 bridgehead atoms. The molecule has 1 aliphatic heterocycles. The molecule has 0 radical (unpaired) electrons. The molecule has 2 heterocycles. The standard InChI is InChI=1S/C23H24N2O4/c1-25-22-7-5-18(13-19(22)6-8-23(25)26)16-28-20-3-2-4-21(14-20)29-24-15-17-9-11-27-12-10-17/h2-8,13-15,24H,9-12,16H2,1H3. The minimum Gasteiger partial charge on any atom is -0.489 e. The first kappa shape index (κ1) is 19.1. The molecule has 6 heteroatoms. The summed E-state index contributed by atoms with van der Waals surface area (Å²) in [6.45, 7) is 1.96. The summed E-state index contributed by atoms with van der Waals surface area (Å²) in [4.78, 5) is 17.3. The molecule has 0 amide bonds. The van der Waals surface area contributed by atoms with E-state index in [0.717, 1.165) is 48.3 Å². The van der Waals surface area contributed by atoms with Crippen molar-refractivity contribution in [2.45, 2.75) is 19.4 Å². The summed E-state index contributed by atoms with van der Waals surface area (Å²) < 4.78 is 12.9. The van der Waals surface area contributed by atoms with Crippen molar-refractivity contribution in [2.75, 3.05) is 13.2 Å². The van der Waals surface area contributed by atoms with E-state index in [-0.39, 0.29) is 5.56 Å². The van der Waals surface area contributed by atoms with Gasteiger partial charge in [-0.15, -0.1) is 0 Å². The van der Waals surface area contributed by atoms with Gasteiger partial charge in [0.1, 0.15) is 12.4 Å². The summed E-state index contributed by atoms with van der Waals surface area (Å²) in [5.41, 5.74) is 6.11. The normalized spacial score (nSPS) is 13.9. The highest BCUT2D eigenvalue weighted by molar-refractivity contribution is 5.79. The van der Waals surface area contributed by atoms with Crippen molar-refractivity contribution < 1.29 is 14.3 Å². The van der Waals surface area contributed by atoms with Gasteiger partial charge >= 0.3 is 0 Å². The van der Waals surface area contributed by atoms with Crippen LogP contribution in [-0.2, 0) is 18.4 Å². The highest BCUT2D eigenvalue weighted by Crippen LogP contribution is 2.21. The summed E-state index contributed by atoms with van der Waals surface area (Å²) in [6, 6.07) is 16.9. The van der Waals surface area contributed by atoms with E-state index >= 15 is 0 Å². The first-order valence-electron chi connectivity index (χ1n) is 9.69. The van der Waals surface area contributed by atoms with Crippen LogP contribution in [0.25, 0.3) is 10.9 Å². The molecule has 1 fully saturated rings. The zero-order valence-electron chi connectivity index (χ0n) is 16.4. The van der Waals surface area contributed by atoms with E-state index < -0.39 is 0 Å². The van der Waals surface area contributed by atoms with Gasteiger partial charge in [0.05, 0.1) is 18.7 Å². The van der Waals surface area contributed by atoms with E-state index in [1.54, 1.807) is 17.7 Å². The second-order valence-electron chi connectivity index (χ2n) is 7.02. The lowest BCUT2D eigenvalue weighted by atomic mass is 10.1.